The van der Waals surface area contributed by atoms with Gasteiger partial charge in [-0.3, -0.25) is 4.79 Å². The first-order valence-electron chi connectivity index (χ1n) is 10.4. The Morgan fingerprint density at radius 3 is 2.57 bits per heavy atom. The summed E-state index contributed by atoms with van der Waals surface area (Å²) in [5.74, 6) is -1.57. The number of anilines is 1. The van der Waals surface area contributed by atoms with Gasteiger partial charge in [-0.15, -0.1) is 0 Å². The molecule has 1 fully saturated rings. The highest BCUT2D eigenvalue weighted by Crippen LogP contribution is 2.62. The predicted molar refractivity (Wildman–Crippen MR) is 111 cm³/mol. The van der Waals surface area contributed by atoms with Crippen LogP contribution in [0.2, 0.25) is 0 Å². The molecule has 0 bridgehead atoms. The van der Waals surface area contributed by atoms with E-state index in [0.29, 0.717) is 25.0 Å². The molecule has 0 saturated heterocycles. The zero-order valence-corrected chi connectivity index (χ0v) is 17.1. The molecule has 1 amide bonds. The minimum atomic E-state index is -1.79. The first-order valence-corrected chi connectivity index (χ1v) is 10.4. The summed E-state index contributed by atoms with van der Waals surface area (Å²) in [6.07, 6.45) is 3.93. The van der Waals surface area contributed by atoms with E-state index in [1.165, 1.54) is 0 Å². The second-order valence-electron chi connectivity index (χ2n) is 8.58. The molecule has 1 aromatic rings. The fraction of sp³-hybridized carbons (Fsp3) is 0.458. The largest absolute Gasteiger partial charge is 0.311 e. The zero-order chi connectivity index (χ0) is 21.7. The van der Waals surface area contributed by atoms with E-state index >= 15 is 0 Å². The minimum Gasteiger partial charge on any atom is -0.311 e. The van der Waals surface area contributed by atoms with E-state index in [-0.39, 0.29) is 17.5 Å². The van der Waals surface area contributed by atoms with Gasteiger partial charge in [-0.1, -0.05) is 38.1 Å². The van der Waals surface area contributed by atoms with Crippen molar-refractivity contribution in [1.82, 2.24) is 0 Å². The molecule has 1 aromatic carbocycles. The molecule has 0 radical (unpaired) electrons. The second kappa shape index (κ2) is 6.82. The number of amides is 1. The Labute approximate surface area is 176 Å². The van der Waals surface area contributed by atoms with Gasteiger partial charge in [0.25, 0.3) is 0 Å². The van der Waals surface area contributed by atoms with Crippen LogP contribution in [-0.4, -0.2) is 18.2 Å². The van der Waals surface area contributed by atoms with Crippen molar-refractivity contribution < 1.29 is 4.79 Å². The normalized spacial score (nSPS) is 31.2. The van der Waals surface area contributed by atoms with Crippen LogP contribution in [-0.2, 0) is 10.2 Å². The van der Waals surface area contributed by atoms with Crippen molar-refractivity contribution in [2.45, 2.75) is 38.5 Å². The van der Waals surface area contributed by atoms with Crippen molar-refractivity contribution in [3.05, 3.63) is 41.5 Å². The van der Waals surface area contributed by atoms with Gasteiger partial charge in [0.15, 0.2) is 0 Å². The molecule has 4 atom stereocenters. The third-order valence-corrected chi connectivity index (χ3v) is 7.04. The molecule has 2 aliphatic carbocycles. The van der Waals surface area contributed by atoms with Crippen molar-refractivity contribution in [2.75, 3.05) is 11.4 Å². The number of hydrogen-bond acceptors (Lipinski definition) is 5. The number of hydrogen-bond donors (Lipinski definition) is 1. The summed E-state index contributed by atoms with van der Waals surface area (Å²) >= 11 is 0. The number of fused-ring (bicyclic) bond motifs is 4. The summed E-state index contributed by atoms with van der Waals surface area (Å²) in [4.78, 5) is 15.8. The van der Waals surface area contributed by atoms with Crippen molar-refractivity contribution in [2.24, 2.45) is 23.2 Å². The van der Waals surface area contributed by atoms with Crippen LogP contribution in [0.3, 0.4) is 0 Å². The quantitative estimate of drug-likeness (QED) is 0.763. The maximum absolute atomic E-state index is 14.1. The molecule has 1 aliphatic heterocycles. The molecule has 30 heavy (non-hydrogen) atoms. The maximum atomic E-state index is 14.1. The first-order chi connectivity index (χ1) is 14.4. The van der Waals surface area contributed by atoms with E-state index in [1.54, 1.807) is 4.90 Å². The molecule has 3 aliphatic rings. The lowest BCUT2D eigenvalue weighted by molar-refractivity contribution is -0.126. The summed E-state index contributed by atoms with van der Waals surface area (Å²) in [6.45, 7) is 4.60. The van der Waals surface area contributed by atoms with E-state index in [4.69, 9.17) is 5.41 Å². The Bertz CT molecular complexity index is 1080. The third kappa shape index (κ3) is 2.16. The Kier molecular flexibility index (Phi) is 4.52. The van der Waals surface area contributed by atoms with Crippen LogP contribution < -0.4 is 4.90 Å². The lowest BCUT2D eigenvalue weighted by Gasteiger charge is -2.51. The molecule has 6 nitrogen and oxygen atoms in total. The van der Waals surface area contributed by atoms with Crippen LogP contribution >= 0.6 is 0 Å². The number of rotatable bonds is 2. The number of para-hydroxylation sites is 1. The number of nitriles is 3. The van der Waals surface area contributed by atoms with Crippen LogP contribution in [0.5, 0.6) is 0 Å². The summed E-state index contributed by atoms with van der Waals surface area (Å²) < 4.78 is 0. The minimum absolute atomic E-state index is 0.184. The standard InChI is InChI=1S/C24H23N5O/c1-3-10-29-20-7-5-4-6-17(20)24(22(29)30)18-11-15(2)8-9-16(18)23(13-26,14-27)21(28)19(24)12-25/h4-7,9,15,18-19,28H,3,8,10-11H2,1-2H3/t15-,18-,19?,24-/m1/s1. The molecule has 1 unspecified atom stereocenters. The summed E-state index contributed by atoms with van der Waals surface area (Å²) in [5, 5.41) is 39.1. The van der Waals surface area contributed by atoms with Gasteiger partial charge < -0.3 is 10.3 Å². The molecule has 150 valence electrons. The van der Waals surface area contributed by atoms with E-state index in [0.717, 1.165) is 17.7 Å². The molecular formula is C24H23N5O. The molecule has 0 aromatic heterocycles. The predicted octanol–water partition coefficient (Wildman–Crippen LogP) is 3.86. The lowest BCUT2D eigenvalue weighted by atomic mass is 9.46. The first kappa shape index (κ1) is 19.9. The monoisotopic (exact) mass is 397 g/mol. The molecule has 1 saturated carbocycles. The average molecular weight is 397 g/mol. The van der Waals surface area contributed by atoms with Gasteiger partial charge in [-0.05, 0) is 42.4 Å². The van der Waals surface area contributed by atoms with Crippen molar-refractivity contribution in [3.63, 3.8) is 0 Å². The second-order valence-corrected chi connectivity index (χ2v) is 8.58. The molecular weight excluding hydrogens is 374 g/mol. The summed E-state index contributed by atoms with van der Waals surface area (Å²) in [7, 11) is 0. The van der Waals surface area contributed by atoms with Crippen LogP contribution in [0.15, 0.2) is 35.9 Å². The highest BCUT2D eigenvalue weighted by atomic mass is 16.2. The van der Waals surface area contributed by atoms with Crippen LogP contribution in [0.1, 0.15) is 38.7 Å². The van der Waals surface area contributed by atoms with Gasteiger partial charge in [0, 0.05) is 18.2 Å². The number of carbonyl (C=O) groups is 1. The lowest BCUT2D eigenvalue weighted by Crippen LogP contribution is -2.62. The SMILES string of the molecule is CCCN1C(=O)[C@@]2(c3ccccc31)C(C#N)C(=N)C(C#N)(C#N)C1=CC[C@@H](C)C[C@H]12. The summed E-state index contributed by atoms with van der Waals surface area (Å²) in [6, 6.07) is 13.8. The van der Waals surface area contributed by atoms with Gasteiger partial charge in [-0.2, -0.15) is 15.8 Å². The van der Waals surface area contributed by atoms with E-state index in [9.17, 15) is 20.6 Å². The molecule has 1 N–H and O–H groups in total. The summed E-state index contributed by atoms with van der Waals surface area (Å²) in [5.41, 5.74) is -1.28. The number of carbonyl (C=O) groups excluding carboxylic acids is 1. The van der Waals surface area contributed by atoms with Crippen LogP contribution in [0.25, 0.3) is 0 Å². The topological polar surface area (TPSA) is 116 Å². The Morgan fingerprint density at radius 2 is 1.93 bits per heavy atom. The van der Waals surface area contributed by atoms with Crippen LogP contribution in [0, 0.1) is 62.6 Å². The highest BCUT2D eigenvalue weighted by molar-refractivity contribution is 6.15. The fourth-order valence-corrected chi connectivity index (χ4v) is 5.75. The van der Waals surface area contributed by atoms with Crippen LogP contribution in [0.4, 0.5) is 5.69 Å². The van der Waals surface area contributed by atoms with Gasteiger partial charge in [0.05, 0.1) is 23.9 Å². The van der Waals surface area contributed by atoms with Gasteiger partial charge in [0.2, 0.25) is 11.3 Å². The zero-order valence-electron chi connectivity index (χ0n) is 17.1. The number of benzene rings is 1. The van der Waals surface area contributed by atoms with Gasteiger partial charge in [-0.25, -0.2) is 0 Å². The number of nitrogens with one attached hydrogen (secondary N) is 1. The van der Waals surface area contributed by atoms with Gasteiger partial charge >= 0.3 is 0 Å². The molecule has 1 heterocycles. The van der Waals surface area contributed by atoms with E-state index in [2.05, 4.69) is 13.0 Å². The van der Waals surface area contributed by atoms with Gasteiger partial charge in [0.1, 0.15) is 11.3 Å². The Hall–Kier alpha value is -3.43. The van der Waals surface area contributed by atoms with E-state index in [1.807, 2.05) is 49.4 Å². The highest BCUT2D eigenvalue weighted by Gasteiger charge is 2.69. The average Bonchev–Trinajstić information content (AvgIpc) is 3.00. The maximum Gasteiger partial charge on any atom is 0.240 e. The molecule has 4 rings (SSSR count). The number of nitrogens with zero attached hydrogens (tertiary/aromatic N) is 4. The fourth-order valence-electron chi connectivity index (χ4n) is 5.75. The Morgan fingerprint density at radius 1 is 1.23 bits per heavy atom. The Balaban J connectivity index is 2.08. The van der Waals surface area contributed by atoms with Crippen molar-refractivity contribution >= 4 is 17.3 Å². The molecule has 1 spiro atoms. The van der Waals surface area contributed by atoms with E-state index < -0.39 is 22.7 Å². The smallest absolute Gasteiger partial charge is 0.240 e. The third-order valence-electron chi connectivity index (χ3n) is 7.04. The molecule has 6 heteroatoms. The number of allylic oxidation sites excluding steroid dienone is 2. The van der Waals surface area contributed by atoms with Crippen molar-refractivity contribution in [1.29, 1.82) is 21.2 Å². The van der Waals surface area contributed by atoms with Crippen molar-refractivity contribution in [3.8, 4) is 18.2 Å².